The Bertz CT molecular complexity index is 1040. The van der Waals surface area contributed by atoms with E-state index in [9.17, 15) is 5.11 Å². The molecule has 4 heteroatoms. The van der Waals surface area contributed by atoms with Crippen molar-refractivity contribution in [3.63, 3.8) is 0 Å². The van der Waals surface area contributed by atoms with E-state index in [2.05, 4.69) is 4.98 Å². The minimum absolute atomic E-state index is 0.343. The van der Waals surface area contributed by atoms with Crippen molar-refractivity contribution < 1.29 is 9.52 Å². The number of hydrogen-bond acceptors (Lipinski definition) is 4. The molecule has 0 aliphatic rings. The molecule has 130 valence electrons. The monoisotopic (exact) mass is 344 g/mol. The largest absolute Gasteiger partial charge is 0.422 e. The van der Waals surface area contributed by atoms with Gasteiger partial charge in [-0.3, -0.25) is 0 Å². The van der Waals surface area contributed by atoms with Crippen LogP contribution in [-0.4, -0.2) is 16.2 Å². The number of benzene rings is 2. The number of fused-ring (bicyclic) bond motifs is 1. The standard InChI is InChI=1S/C22H20N2O2/c1-14(25)12-17-18(15-8-4-2-5-9-15)13-24-22-20(17)19(21(23)26-22)16-10-6-3-7-11-16/h2-11,13-14,25H,12,23H2,1H3/t14-/m0/s1. The zero-order valence-electron chi connectivity index (χ0n) is 14.5. The third kappa shape index (κ3) is 2.85. The van der Waals surface area contributed by atoms with Gasteiger partial charge >= 0.3 is 0 Å². The quantitative estimate of drug-likeness (QED) is 0.564. The highest BCUT2D eigenvalue weighted by atomic mass is 16.4. The van der Waals surface area contributed by atoms with E-state index >= 15 is 0 Å². The lowest BCUT2D eigenvalue weighted by Crippen LogP contribution is -2.07. The summed E-state index contributed by atoms with van der Waals surface area (Å²) in [7, 11) is 0. The van der Waals surface area contributed by atoms with Gasteiger partial charge in [-0.15, -0.1) is 0 Å². The van der Waals surface area contributed by atoms with Crippen molar-refractivity contribution in [1.82, 2.24) is 4.98 Å². The molecule has 4 rings (SSSR count). The van der Waals surface area contributed by atoms with E-state index in [1.165, 1.54) is 0 Å². The highest BCUT2D eigenvalue weighted by molar-refractivity contribution is 6.02. The number of aliphatic hydroxyl groups is 1. The van der Waals surface area contributed by atoms with E-state index in [4.69, 9.17) is 10.2 Å². The molecule has 0 saturated carbocycles. The van der Waals surface area contributed by atoms with Crippen molar-refractivity contribution in [1.29, 1.82) is 0 Å². The molecule has 26 heavy (non-hydrogen) atoms. The lowest BCUT2D eigenvalue weighted by molar-refractivity contribution is 0.196. The third-order valence-electron chi connectivity index (χ3n) is 4.50. The zero-order valence-corrected chi connectivity index (χ0v) is 14.5. The van der Waals surface area contributed by atoms with E-state index in [-0.39, 0.29) is 0 Å². The van der Waals surface area contributed by atoms with Crippen LogP contribution < -0.4 is 5.73 Å². The van der Waals surface area contributed by atoms with Crippen LogP contribution in [0.4, 0.5) is 5.88 Å². The molecule has 1 atom stereocenters. The number of nitrogens with two attached hydrogens (primary N) is 1. The van der Waals surface area contributed by atoms with E-state index in [0.717, 1.165) is 33.2 Å². The fourth-order valence-corrected chi connectivity index (χ4v) is 3.41. The maximum Gasteiger partial charge on any atom is 0.229 e. The highest BCUT2D eigenvalue weighted by Crippen LogP contribution is 2.41. The van der Waals surface area contributed by atoms with Gasteiger partial charge in [0.15, 0.2) is 0 Å². The number of nitrogens with zero attached hydrogens (tertiary/aromatic N) is 1. The molecule has 0 amide bonds. The molecule has 4 nitrogen and oxygen atoms in total. The lowest BCUT2D eigenvalue weighted by Gasteiger charge is -2.13. The number of nitrogen functional groups attached to an aromatic ring is 1. The summed E-state index contributed by atoms with van der Waals surface area (Å²) >= 11 is 0. The third-order valence-corrected chi connectivity index (χ3v) is 4.50. The minimum Gasteiger partial charge on any atom is -0.422 e. The van der Waals surface area contributed by atoms with Crippen LogP contribution in [0.25, 0.3) is 33.4 Å². The van der Waals surface area contributed by atoms with Crippen LogP contribution in [0.15, 0.2) is 71.3 Å². The van der Waals surface area contributed by atoms with Gasteiger partial charge in [0.25, 0.3) is 0 Å². The van der Waals surface area contributed by atoms with Crippen molar-refractivity contribution >= 4 is 17.0 Å². The number of aromatic nitrogens is 1. The van der Waals surface area contributed by atoms with Gasteiger partial charge in [-0.25, -0.2) is 4.98 Å². The summed E-state index contributed by atoms with van der Waals surface area (Å²) in [5.41, 5.74) is 11.5. The Hall–Kier alpha value is -3.11. The molecular weight excluding hydrogens is 324 g/mol. The van der Waals surface area contributed by atoms with Gasteiger partial charge in [0.2, 0.25) is 11.6 Å². The number of aliphatic hydroxyl groups excluding tert-OH is 1. The summed E-state index contributed by atoms with van der Waals surface area (Å²) in [4.78, 5) is 4.50. The van der Waals surface area contributed by atoms with Gasteiger partial charge in [-0.05, 0) is 30.0 Å². The number of furan rings is 1. The van der Waals surface area contributed by atoms with Gasteiger partial charge in [-0.1, -0.05) is 60.7 Å². The Morgan fingerprint density at radius 2 is 1.62 bits per heavy atom. The van der Waals surface area contributed by atoms with Crippen molar-refractivity contribution in [2.24, 2.45) is 0 Å². The summed E-state index contributed by atoms with van der Waals surface area (Å²) in [6.07, 6.45) is 1.79. The van der Waals surface area contributed by atoms with Gasteiger partial charge in [-0.2, -0.15) is 0 Å². The first kappa shape index (κ1) is 16.4. The van der Waals surface area contributed by atoms with Crippen LogP contribution in [0.3, 0.4) is 0 Å². The van der Waals surface area contributed by atoms with Crippen molar-refractivity contribution in [2.75, 3.05) is 5.73 Å². The maximum absolute atomic E-state index is 10.1. The number of hydrogen-bond donors (Lipinski definition) is 2. The number of anilines is 1. The molecule has 2 aromatic heterocycles. The Morgan fingerprint density at radius 1 is 1.00 bits per heavy atom. The first-order valence-corrected chi connectivity index (χ1v) is 8.64. The van der Waals surface area contributed by atoms with Crippen LogP contribution in [0.2, 0.25) is 0 Å². The summed E-state index contributed by atoms with van der Waals surface area (Å²) in [5.74, 6) is 0.343. The molecule has 0 aliphatic carbocycles. The van der Waals surface area contributed by atoms with E-state index in [1.54, 1.807) is 13.1 Å². The van der Waals surface area contributed by atoms with Crippen molar-refractivity contribution in [2.45, 2.75) is 19.4 Å². The fourth-order valence-electron chi connectivity index (χ4n) is 3.41. The van der Waals surface area contributed by atoms with E-state index in [1.807, 2.05) is 60.7 Å². The normalized spacial score (nSPS) is 12.4. The van der Waals surface area contributed by atoms with Crippen LogP contribution in [-0.2, 0) is 6.42 Å². The van der Waals surface area contributed by atoms with Gasteiger partial charge in [0, 0.05) is 11.8 Å². The first-order chi connectivity index (χ1) is 12.6. The smallest absolute Gasteiger partial charge is 0.229 e. The Morgan fingerprint density at radius 3 is 2.23 bits per heavy atom. The average Bonchev–Trinajstić information content (AvgIpc) is 2.99. The molecule has 0 fully saturated rings. The van der Waals surface area contributed by atoms with Crippen LogP contribution in [0.1, 0.15) is 12.5 Å². The SMILES string of the molecule is C[C@H](O)Cc1c(-c2ccccc2)cnc2oc(N)c(-c3ccccc3)c12. The zero-order chi connectivity index (χ0) is 18.1. The van der Waals surface area contributed by atoms with Gasteiger partial charge in [0.1, 0.15) is 0 Å². The predicted molar refractivity (Wildman–Crippen MR) is 105 cm³/mol. The first-order valence-electron chi connectivity index (χ1n) is 8.64. The molecule has 3 N–H and O–H groups in total. The molecule has 0 bridgehead atoms. The second kappa shape index (κ2) is 6.65. The summed E-state index contributed by atoms with van der Waals surface area (Å²) in [5, 5.41) is 11.0. The molecule has 4 aromatic rings. The minimum atomic E-state index is -0.497. The van der Waals surface area contributed by atoms with E-state index in [0.29, 0.717) is 18.0 Å². The highest BCUT2D eigenvalue weighted by Gasteiger charge is 2.22. The second-order valence-corrected chi connectivity index (χ2v) is 6.46. The number of rotatable bonds is 4. The summed E-state index contributed by atoms with van der Waals surface area (Å²) in [6.45, 7) is 1.78. The summed E-state index contributed by atoms with van der Waals surface area (Å²) in [6, 6.07) is 20.0. The van der Waals surface area contributed by atoms with Crippen molar-refractivity contribution in [3.05, 3.63) is 72.4 Å². The molecule has 0 unspecified atom stereocenters. The van der Waals surface area contributed by atoms with Gasteiger partial charge in [0.05, 0.1) is 17.1 Å². The molecule has 0 saturated heterocycles. The molecule has 0 radical (unpaired) electrons. The van der Waals surface area contributed by atoms with Gasteiger partial charge < -0.3 is 15.3 Å². The topological polar surface area (TPSA) is 72.3 Å². The predicted octanol–water partition coefficient (Wildman–Crippen LogP) is 4.67. The molecular formula is C22H20N2O2. The van der Waals surface area contributed by atoms with Crippen LogP contribution >= 0.6 is 0 Å². The average molecular weight is 344 g/mol. The molecule has 0 aliphatic heterocycles. The lowest BCUT2D eigenvalue weighted by atomic mass is 9.92. The fraction of sp³-hybridized carbons (Fsp3) is 0.136. The molecule has 0 spiro atoms. The molecule has 2 heterocycles. The number of pyridine rings is 1. The Labute approximate surface area is 151 Å². The Balaban J connectivity index is 2.06. The van der Waals surface area contributed by atoms with Crippen molar-refractivity contribution in [3.8, 4) is 22.3 Å². The Kier molecular flexibility index (Phi) is 4.19. The molecule has 2 aromatic carbocycles. The second-order valence-electron chi connectivity index (χ2n) is 6.46. The van der Waals surface area contributed by atoms with E-state index < -0.39 is 6.10 Å². The maximum atomic E-state index is 10.1. The van der Waals surface area contributed by atoms with Crippen LogP contribution in [0.5, 0.6) is 0 Å². The summed E-state index contributed by atoms with van der Waals surface area (Å²) < 4.78 is 5.75. The van der Waals surface area contributed by atoms with Crippen LogP contribution in [0, 0.1) is 0 Å².